The number of benzene rings is 2. The molecular weight excluding hydrogens is 275 g/mol. The molecule has 0 saturated carbocycles. The second-order valence-corrected chi connectivity index (χ2v) is 5.30. The van der Waals surface area contributed by atoms with E-state index in [9.17, 15) is 0 Å². The molecule has 0 aliphatic heterocycles. The van der Waals surface area contributed by atoms with Gasteiger partial charge in [-0.25, -0.2) is 0 Å². The Bertz CT molecular complexity index is 453. The molecule has 17 heavy (non-hydrogen) atoms. The Kier molecular flexibility index (Phi) is 4.57. The van der Waals surface area contributed by atoms with Gasteiger partial charge in [0.2, 0.25) is 0 Å². The van der Waals surface area contributed by atoms with Crippen LogP contribution in [0.1, 0.15) is 11.7 Å². The molecule has 0 amide bonds. The first-order valence-electron chi connectivity index (χ1n) is 5.46. The SMILES string of the molecule is C=CC(O[Se]c1ccccc1)c1ccccc1. The van der Waals surface area contributed by atoms with Gasteiger partial charge >= 0.3 is 109 Å². The van der Waals surface area contributed by atoms with Crippen molar-refractivity contribution in [2.45, 2.75) is 6.10 Å². The fourth-order valence-electron chi connectivity index (χ4n) is 1.46. The minimum atomic E-state index is -0.0172. The molecule has 2 aromatic rings. The Morgan fingerprint density at radius 2 is 1.53 bits per heavy atom. The van der Waals surface area contributed by atoms with Gasteiger partial charge in [-0.1, -0.05) is 0 Å². The zero-order chi connectivity index (χ0) is 11.9. The molecule has 0 bridgehead atoms. The molecule has 0 aliphatic rings. The first kappa shape index (κ1) is 12.1. The molecule has 0 fully saturated rings. The van der Waals surface area contributed by atoms with Crippen molar-refractivity contribution in [2.75, 3.05) is 0 Å². The fraction of sp³-hybridized carbons (Fsp3) is 0.0667. The van der Waals surface area contributed by atoms with E-state index < -0.39 is 0 Å². The van der Waals surface area contributed by atoms with Crippen LogP contribution in [-0.2, 0) is 3.82 Å². The molecule has 0 saturated heterocycles. The Morgan fingerprint density at radius 1 is 0.941 bits per heavy atom. The van der Waals surface area contributed by atoms with Crippen molar-refractivity contribution in [1.82, 2.24) is 0 Å². The van der Waals surface area contributed by atoms with Gasteiger partial charge in [0.05, 0.1) is 0 Å². The molecule has 1 unspecified atom stereocenters. The van der Waals surface area contributed by atoms with Crippen molar-refractivity contribution in [3.63, 3.8) is 0 Å². The normalized spacial score (nSPS) is 12.0. The minimum absolute atomic E-state index is 0.0172. The van der Waals surface area contributed by atoms with Crippen LogP contribution in [-0.4, -0.2) is 15.3 Å². The molecular formula is C15H14OSe. The van der Waals surface area contributed by atoms with Gasteiger partial charge in [-0.15, -0.1) is 0 Å². The predicted molar refractivity (Wildman–Crippen MR) is 72.3 cm³/mol. The van der Waals surface area contributed by atoms with Crippen molar-refractivity contribution in [3.8, 4) is 0 Å². The summed E-state index contributed by atoms with van der Waals surface area (Å²) in [5, 5.41) is 0. The molecule has 2 aromatic carbocycles. The quantitative estimate of drug-likeness (QED) is 0.607. The van der Waals surface area contributed by atoms with Crippen LogP contribution in [0.5, 0.6) is 0 Å². The van der Waals surface area contributed by atoms with Gasteiger partial charge in [0.25, 0.3) is 0 Å². The van der Waals surface area contributed by atoms with Crippen molar-refractivity contribution < 1.29 is 3.82 Å². The topological polar surface area (TPSA) is 9.23 Å². The van der Waals surface area contributed by atoms with Crippen molar-refractivity contribution in [2.24, 2.45) is 0 Å². The second-order valence-electron chi connectivity index (χ2n) is 3.56. The van der Waals surface area contributed by atoms with Gasteiger partial charge in [0, 0.05) is 0 Å². The van der Waals surface area contributed by atoms with E-state index in [4.69, 9.17) is 3.82 Å². The van der Waals surface area contributed by atoms with Crippen LogP contribution in [0.2, 0.25) is 0 Å². The third kappa shape index (κ3) is 3.57. The van der Waals surface area contributed by atoms with Crippen LogP contribution in [0.3, 0.4) is 0 Å². The molecule has 2 rings (SSSR count). The van der Waals surface area contributed by atoms with Crippen LogP contribution < -0.4 is 4.46 Å². The van der Waals surface area contributed by atoms with Gasteiger partial charge in [-0.3, -0.25) is 0 Å². The molecule has 2 heteroatoms. The van der Waals surface area contributed by atoms with Gasteiger partial charge in [0.1, 0.15) is 0 Å². The number of hydrogen-bond acceptors (Lipinski definition) is 1. The molecule has 86 valence electrons. The van der Waals surface area contributed by atoms with E-state index in [0.717, 1.165) is 5.56 Å². The molecule has 0 N–H and O–H groups in total. The molecule has 1 atom stereocenters. The predicted octanol–water partition coefficient (Wildman–Crippen LogP) is 2.88. The zero-order valence-corrected chi connectivity index (χ0v) is 11.2. The summed E-state index contributed by atoms with van der Waals surface area (Å²) in [6.45, 7) is 3.83. The summed E-state index contributed by atoms with van der Waals surface area (Å²) in [5.41, 5.74) is 1.15. The molecule has 0 aromatic heterocycles. The van der Waals surface area contributed by atoms with Crippen LogP contribution in [0.25, 0.3) is 0 Å². The van der Waals surface area contributed by atoms with Crippen molar-refractivity contribution in [3.05, 3.63) is 78.9 Å². The molecule has 0 heterocycles. The summed E-state index contributed by atoms with van der Waals surface area (Å²) >= 11 is 0.0238. The Labute approximate surface area is 109 Å². The van der Waals surface area contributed by atoms with E-state index >= 15 is 0 Å². The summed E-state index contributed by atoms with van der Waals surface area (Å²) in [6, 6.07) is 20.4. The molecule has 1 nitrogen and oxygen atoms in total. The maximum atomic E-state index is 5.91. The standard InChI is InChI=1S/C15H14OSe/c1-2-15(13-9-5-3-6-10-13)16-17-14-11-7-4-8-12-14/h2-12,15H,1H2. The third-order valence-electron chi connectivity index (χ3n) is 2.33. The monoisotopic (exact) mass is 290 g/mol. The van der Waals surface area contributed by atoms with Crippen LogP contribution in [0.15, 0.2) is 73.3 Å². The average molecular weight is 289 g/mol. The maximum absolute atomic E-state index is 5.91. The summed E-state index contributed by atoms with van der Waals surface area (Å²) in [5.74, 6) is 0. The fourth-order valence-corrected chi connectivity index (χ4v) is 2.87. The Morgan fingerprint density at radius 3 is 2.12 bits per heavy atom. The summed E-state index contributed by atoms with van der Waals surface area (Å²) in [6.07, 6.45) is 1.83. The third-order valence-corrected chi connectivity index (χ3v) is 3.95. The van der Waals surface area contributed by atoms with E-state index in [1.54, 1.807) is 0 Å². The molecule has 0 radical (unpaired) electrons. The van der Waals surface area contributed by atoms with E-state index in [-0.39, 0.29) is 21.4 Å². The Hall–Kier alpha value is -1.34. The van der Waals surface area contributed by atoms with Crippen LogP contribution >= 0.6 is 0 Å². The average Bonchev–Trinajstić information content (AvgIpc) is 2.42. The van der Waals surface area contributed by atoms with Crippen LogP contribution in [0.4, 0.5) is 0 Å². The molecule has 0 aliphatic carbocycles. The van der Waals surface area contributed by atoms with E-state index in [1.807, 2.05) is 42.5 Å². The zero-order valence-electron chi connectivity index (χ0n) is 9.45. The first-order chi connectivity index (χ1) is 8.40. The first-order valence-corrected chi connectivity index (χ1v) is 7.01. The van der Waals surface area contributed by atoms with Gasteiger partial charge in [0.15, 0.2) is 0 Å². The number of hydrogen-bond donors (Lipinski definition) is 0. The Balaban J connectivity index is 2.00. The summed E-state index contributed by atoms with van der Waals surface area (Å²) < 4.78 is 7.15. The summed E-state index contributed by atoms with van der Waals surface area (Å²) in [7, 11) is 0. The van der Waals surface area contributed by atoms with Gasteiger partial charge < -0.3 is 0 Å². The van der Waals surface area contributed by atoms with E-state index in [1.165, 1.54) is 4.46 Å². The van der Waals surface area contributed by atoms with E-state index in [2.05, 4.69) is 30.8 Å². The van der Waals surface area contributed by atoms with E-state index in [0.29, 0.717) is 0 Å². The van der Waals surface area contributed by atoms with Crippen molar-refractivity contribution >= 4 is 19.7 Å². The van der Waals surface area contributed by atoms with Crippen molar-refractivity contribution in [1.29, 1.82) is 0 Å². The van der Waals surface area contributed by atoms with Gasteiger partial charge in [-0.2, -0.15) is 0 Å². The summed E-state index contributed by atoms with van der Waals surface area (Å²) in [4.78, 5) is 0. The van der Waals surface area contributed by atoms with Crippen LogP contribution in [0, 0.1) is 0 Å². The molecule has 0 spiro atoms. The second kappa shape index (κ2) is 6.41. The van der Waals surface area contributed by atoms with Gasteiger partial charge in [-0.05, 0) is 0 Å². The number of rotatable bonds is 5.